The number of hydrogen-bond donors (Lipinski definition) is 1. The molecule has 4 rings (SSSR count). The molecule has 4 aromatic rings. The van der Waals surface area contributed by atoms with E-state index in [1.165, 1.54) is 28.1 Å². The fourth-order valence-electron chi connectivity index (χ4n) is 3.18. The molecule has 8 nitrogen and oxygen atoms in total. The maximum Gasteiger partial charge on any atom is 0.137 e. The van der Waals surface area contributed by atoms with Gasteiger partial charge in [0.15, 0.2) is 0 Å². The summed E-state index contributed by atoms with van der Waals surface area (Å²) in [6.45, 7) is 1.54. The van der Waals surface area contributed by atoms with Crippen molar-refractivity contribution in [3.05, 3.63) is 78.8 Å². The van der Waals surface area contributed by atoms with Crippen molar-refractivity contribution >= 4 is 0 Å². The predicted molar refractivity (Wildman–Crippen MR) is 98.2 cm³/mol. The summed E-state index contributed by atoms with van der Waals surface area (Å²) in [4.78, 5) is 7.91. The summed E-state index contributed by atoms with van der Waals surface area (Å²) in [6, 6.07) is 5.87. The van der Waals surface area contributed by atoms with Gasteiger partial charge in [-0.05, 0) is 25.1 Å². The first-order valence-corrected chi connectivity index (χ1v) is 8.80. The van der Waals surface area contributed by atoms with Gasteiger partial charge in [0.05, 0.1) is 18.8 Å². The zero-order chi connectivity index (χ0) is 20.4. The Hall–Kier alpha value is -3.53. The third kappa shape index (κ3) is 3.61. The first kappa shape index (κ1) is 18.8. The van der Waals surface area contributed by atoms with Crippen molar-refractivity contribution in [1.82, 2.24) is 34.7 Å². The predicted octanol–water partition coefficient (Wildman–Crippen LogP) is 2.36. The number of aromatic nitrogens is 7. The molecule has 29 heavy (non-hydrogen) atoms. The molecule has 0 spiro atoms. The molecular formula is C19H17F2N7O. The Bertz CT molecular complexity index is 1100. The molecule has 3 heterocycles. The molecule has 0 amide bonds. The lowest BCUT2D eigenvalue weighted by Crippen LogP contribution is -2.41. The van der Waals surface area contributed by atoms with Crippen LogP contribution in [0.2, 0.25) is 0 Å². The van der Waals surface area contributed by atoms with Gasteiger partial charge in [0.2, 0.25) is 0 Å². The number of nitrogens with zero attached hydrogens (tertiary/aromatic N) is 7. The Kier molecular flexibility index (Phi) is 4.85. The van der Waals surface area contributed by atoms with Crippen molar-refractivity contribution in [3.8, 4) is 11.3 Å². The van der Waals surface area contributed by atoms with Crippen LogP contribution in [0, 0.1) is 11.6 Å². The summed E-state index contributed by atoms with van der Waals surface area (Å²) < 4.78 is 30.9. The molecule has 3 aromatic heterocycles. The molecule has 0 saturated heterocycles. The molecule has 148 valence electrons. The molecule has 10 heteroatoms. The van der Waals surface area contributed by atoms with Gasteiger partial charge in [0, 0.05) is 29.6 Å². The molecule has 0 radical (unpaired) electrons. The van der Waals surface area contributed by atoms with Gasteiger partial charge in [-0.25, -0.2) is 23.1 Å². The maximum absolute atomic E-state index is 14.6. The Morgan fingerprint density at radius 1 is 1.21 bits per heavy atom. The standard InChI is InChI=1S/C19H17F2N7O/c1-13(28-9-18(25-26-28)14-3-2-6-22-8-14)19(29,10-27-12-23-11-24-27)16-5-4-15(20)7-17(16)21/h2-9,11-13,29H,10H2,1H3/t13-,19-/m1/s1. The topological polar surface area (TPSA) is 94.5 Å². The third-order valence-corrected chi connectivity index (χ3v) is 4.82. The van der Waals surface area contributed by atoms with Crippen molar-refractivity contribution in [2.75, 3.05) is 0 Å². The van der Waals surface area contributed by atoms with Gasteiger partial charge >= 0.3 is 0 Å². The Morgan fingerprint density at radius 2 is 2.07 bits per heavy atom. The van der Waals surface area contributed by atoms with Crippen molar-refractivity contribution in [3.63, 3.8) is 0 Å². The minimum atomic E-state index is -1.81. The average Bonchev–Trinajstić information content (AvgIpc) is 3.40. The van der Waals surface area contributed by atoms with Crippen LogP contribution in [0.25, 0.3) is 11.3 Å². The van der Waals surface area contributed by atoms with Gasteiger partial charge < -0.3 is 5.11 Å². The highest BCUT2D eigenvalue weighted by atomic mass is 19.1. The first-order chi connectivity index (χ1) is 14.0. The maximum atomic E-state index is 14.6. The number of pyridine rings is 1. The fourth-order valence-corrected chi connectivity index (χ4v) is 3.18. The highest BCUT2D eigenvalue weighted by molar-refractivity contribution is 5.55. The lowest BCUT2D eigenvalue weighted by molar-refractivity contribution is -0.0374. The van der Waals surface area contributed by atoms with Crippen LogP contribution in [0.5, 0.6) is 0 Å². The smallest absolute Gasteiger partial charge is 0.137 e. The quantitative estimate of drug-likeness (QED) is 0.537. The van der Waals surface area contributed by atoms with Crippen LogP contribution >= 0.6 is 0 Å². The SMILES string of the molecule is C[C@@H](n1cc(-c2cccnc2)nn1)[C@](O)(Cn1cncn1)c1ccc(F)cc1F. The van der Waals surface area contributed by atoms with Gasteiger partial charge in [0.25, 0.3) is 0 Å². The van der Waals surface area contributed by atoms with Gasteiger partial charge in [-0.2, -0.15) is 5.10 Å². The number of hydrogen-bond acceptors (Lipinski definition) is 6. The van der Waals surface area contributed by atoms with Crippen LogP contribution in [0.3, 0.4) is 0 Å². The molecule has 0 bridgehead atoms. The second kappa shape index (κ2) is 7.47. The molecule has 0 saturated carbocycles. The van der Waals surface area contributed by atoms with Crippen LogP contribution in [-0.4, -0.2) is 39.8 Å². The van der Waals surface area contributed by atoms with Gasteiger partial charge in [-0.3, -0.25) is 4.98 Å². The number of aliphatic hydroxyl groups is 1. The number of halogens is 2. The Labute approximate surface area is 164 Å². The molecule has 0 fully saturated rings. The first-order valence-electron chi connectivity index (χ1n) is 8.80. The van der Waals surface area contributed by atoms with Crippen molar-refractivity contribution in [1.29, 1.82) is 0 Å². The monoisotopic (exact) mass is 397 g/mol. The molecule has 0 aliphatic heterocycles. The van der Waals surface area contributed by atoms with Crippen molar-refractivity contribution in [2.45, 2.75) is 25.1 Å². The highest BCUT2D eigenvalue weighted by Gasteiger charge is 2.41. The summed E-state index contributed by atoms with van der Waals surface area (Å²) in [7, 11) is 0. The van der Waals surface area contributed by atoms with Crippen LogP contribution < -0.4 is 0 Å². The lowest BCUT2D eigenvalue weighted by Gasteiger charge is -2.34. The summed E-state index contributed by atoms with van der Waals surface area (Å²) >= 11 is 0. The molecule has 2 atom stereocenters. The normalized spacial score (nSPS) is 14.5. The second-order valence-electron chi connectivity index (χ2n) is 6.64. The summed E-state index contributed by atoms with van der Waals surface area (Å²) in [5.41, 5.74) is -0.600. The van der Waals surface area contributed by atoms with Crippen LogP contribution in [-0.2, 0) is 12.1 Å². The van der Waals surface area contributed by atoms with Gasteiger partial charge in [-0.1, -0.05) is 11.3 Å². The van der Waals surface area contributed by atoms with E-state index in [1.807, 2.05) is 6.07 Å². The van der Waals surface area contributed by atoms with E-state index in [0.717, 1.165) is 17.7 Å². The van der Waals surface area contributed by atoms with E-state index in [9.17, 15) is 13.9 Å². The van der Waals surface area contributed by atoms with Crippen molar-refractivity contribution in [2.24, 2.45) is 0 Å². The number of rotatable bonds is 6. The second-order valence-corrected chi connectivity index (χ2v) is 6.64. The fraction of sp³-hybridized carbons (Fsp3) is 0.211. The van der Waals surface area contributed by atoms with Crippen LogP contribution in [0.1, 0.15) is 18.5 Å². The number of benzene rings is 1. The van der Waals surface area contributed by atoms with Crippen LogP contribution in [0.15, 0.2) is 61.6 Å². The minimum absolute atomic E-state index is 0.0830. The molecule has 0 aliphatic rings. The zero-order valence-corrected chi connectivity index (χ0v) is 15.4. The molecule has 0 aliphatic carbocycles. The molecular weight excluding hydrogens is 380 g/mol. The van der Waals surface area contributed by atoms with Gasteiger partial charge in [-0.15, -0.1) is 5.10 Å². The molecule has 0 unspecified atom stereocenters. The van der Waals surface area contributed by atoms with E-state index in [1.54, 1.807) is 31.6 Å². The largest absolute Gasteiger partial charge is 0.381 e. The van der Waals surface area contributed by atoms with E-state index in [4.69, 9.17) is 0 Å². The lowest BCUT2D eigenvalue weighted by atomic mass is 9.86. The third-order valence-electron chi connectivity index (χ3n) is 4.82. The van der Waals surface area contributed by atoms with E-state index >= 15 is 0 Å². The zero-order valence-electron chi connectivity index (χ0n) is 15.4. The van der Waals surface area contributed by atoms with E-state index in [0.29, 0.717) is 5.69 Å². The molecule has 1 N–H and O–H groups in total. The van der Waals surface area contributed by atoms with Crippen molar-refractivity contribution < 1.29 is 13.9 Å². The van der Waals surface area contributed by atoms with E-state index in [2.05, 4.69) is 25.4 Å². The Balaban J connectivity index is 1.75. The summed E-state index contributed by atoms with van der Waals surface area (Å²) in [6.07, 6.45) is 7.63. The summed E-state index contributed by atoms with van der Waals surface area (Å²) in [5.74, 6) is -1.60. The van der Waals surface area contributed by atoms with Gasteiger partial charge in [0.1, 0.15) is 35.6 Å². The van der Waals surface area contributed by atoms with E-state index < -0.39 is 23.3 Å². The summed E-state index contributed by atoms with van der Waals surface area (Å²) in [5, 5.41) is 23.8. The molecule has 1 aromatic carbocycles. The Morgan fingerprint density at radius 3 is 2.76 bits per heavy atom. The minimum Gasteiger partial charge on any atom is -0.381 e. The van der Waals surface area contributed by atoms with E-state index in [-0.39, 0.29) is 12.1 Å². The highest BCUT2D eigenvalue weighted by Crippen LogP contribution is 2.36. The average molecular weight is 397 g/mol. The van der Waals surface area contributed by atoms with Crippen LogP contribution in [0.4, 0.5) is 8.78 Å².